The Morgan fingerprint density at radius 3 is 2.32 bits per heavy atom. The molecule has 0 aliphatic heterocycles. The highest BCUT2D eigenvalue weighted by Crippen LogP contribution is 2.19. The lowest BCUT2D eigenvalue weighted by Gasteiger charge is -2.04. The molecule has 0 aliphatic carbocycles. The molecule has 0 amide bonds. The van der Waals surface area contributed by atoms with E-state index < -0.39 is 10.9 Å². The number of carbonyl (C=O) groups is 1. The highest BCUT2D eigenvalue weighted by Gasteiger charge is 2.21. The average Bonchev–Trinajstić information content (AvgIpc) is 2.46. The molecule has 6 nitrogen and oxygen atoms in total. The normalized spacial score (nSPS) is 9.68. The molecule has 6 heteroatoms. The van der Waals surface area contributed by atoms with Gasteiger partial charge in [0.2, 0.25) is 0 Å². The largest absolute Gasteiger partial charge is 0.393 e. The van der Waals surface area contributed by atoms with Crippen LogP contribution in [0.2, 0.25) is 0 Å². The zero-order valence-electron chi connectivity index (χ0n) is 9.68. The van der Waals surface area contributed by atoms with Gasteiger partial charge in [-0.15, -0.1) is 0 Å². The van der Waals surface area contributed by atoms with Crippen molar-refractivity contribution < 1.29 is 19.5 Å². The highest BCUT2D eigenvalue weighted by molar-refractivity contribution is 5.93. The van der Waals surface area contributed by atoms with Gasteiger partial charge in [0.1, 0.15) is 5.56 Å². The van der Waals surface area contributed by atoms with Gasteiger partial charge in [-0.1, -0.05) is 30.3 Å². The Morgan fingerprint density at radius 1 is 1.00 bits per heavy atom. The van der Waals surface area contributed by atoms with Gasteiger partial charge in [0.15, 0.2) is 5.75 Å². The summed E-state index contributed by atoms with van der Waals surface area (Å²) in [5.74, 6) is -0.592. The first-order valence-corrected chi connectivity index (χ1v) is 5.36. The van der Waals surface area contributed by atoms with Crippen molar-refractivity contribution in [2.24, 2.45) is 0 Å². The van der Waals surface area contributed by atoms with Crippen LogP contribution in [-0.4, -0.2) is 10.9 Å². The molecular weight excluding hydrogens is 250 g/mol. The Labute approximate surface area is 108 Å². The third-order valence-electron chi connectivity index (χ3n) is 2.28. The van der Waals surface area contributed by atoms with E-state index in [9.17, 15) is 14.9 Å². The fourth-order valence-corrected chi connectivity index (χ4v) is 1.41. The van der Waals surface area contributed by atoms with Gasteiger partial charge in [0.05, 0.1) is 4.92 Å². The van der Waals surface area contributed by atoms with Crippen molar-refractivity contribution in [2.45, 2.75) is 0 Å². The van der Waals surface area contributed by atoms with E-state index in [2.05, 4.69) is 4.89 Å². The van der Waals surface area contributed by atoms with E-state index in [1.807, 2.05) is 0 Å². The summed E-state index contributed by atoms with van der Waals surface area (Å²) < 4.78 is 0. The zero-order chi connectivity index (χ0) is 13.7. The molecule has 0 fully saturated rings. The summed E-state index contributed by atoms with van der Waals surface area (Å²) in [7, 11) is 0. The van der Waals surface area contributed by atoms with Crippen molar-refractivity contribution in [3.8, 4) is 5.75 Å². The molecule has 0 N–H and O–H groups in total. The second-order valence-electron chi connectivity index (χ2n) is 3.54. The van der Waals surface area contributed by atoms with Gasteiger partial charge in [0, 0.05) is 6.07 Å². The van der Waals surface area contributed by atoms with Crippen molar-refractivity contribution in [2.75, 3.05) is 0 Å². The summed E-state index contributed by atoms with van der Waals surface area (Å²) in [4.78, 5) is 31.1. The van der Waals surface area contributed by atoms with E-state index in [1.165, 1.54) is 24.3 Å². The van der Waals surface area contributed by atoms with Crippen LogP contribution in [0.3, 0.4) is 0 Å². The SMILES string of the molecule is O=C(OOc1ccccc1)c1ccccc1[N+](=O)[O-]. The number of hydrogen-bond donors (Lipinski definition) is 0. The number of nitrogens with zero attached hydrogens (tertiary/aromatic N) is 1. The third kappa shape index (κ3) is 3.06. The number of nitro benzene ring substituents is 1. The zero-order valence-corrected chi connectivity index (χ0v) is 9.68. The van der Waals surface area contributed by atoms with Crippen molar-refractivity contribution in [1.29, 1.82) is 0 Å². The smallest absolute Gasteiger partial charge is 0.287 e. The Hall–Kier alpha value is -2.89. The minimum Gasteiger partial charge on any atom is -0.287 e. The molecule has 96 valence electrons. The molecule has 0 saturated heterocycles. The van der Waals surface area contributed by atoms with Gasteiger partial charge in [-0.2, -0.15) is 0 Å². The van der Waals surface area contributed by atoms with E-state index >= 15 is 0 Å². The quantitative estimate of drug-likeness (QED) is 0.479. The van der Waals surface area contributed by atoms with Crippen molar-refractivity contribution in [3.05, 3.63) is 70.3 Å². The molecule has 2 rings (SSSR count). The summed E-state index contributed by atoms with van der Waals surface area (Å²) in [5.41, 5.74) is -0.493. The summed E-state index contributed by atoms with van der Waals surface area (Å²) in [6, 6.07) is 13.9. The van der Waals surface area contributed by atoms with Gasteiger partial charge in [-0.3, -0.25) is 15.0 Å². The van der Waals surface area contributed by atoms with E-state index in [0.717, 1.165) is 0 Å². The Balaban J connectivity index is 2.10. The molecule has 2 aromatic rings. The lowest BCUT2D eigenvalue weighted by molar-refractivity contribution is -0.385. The van der Waals surface area contributed by atoms with Crippen LogP contribution in [0.1, 0.15) is 10.4 Å². The third-order valence-corrected chi connectivity index (χ3v) is 2.28. The van der Waals surface area contributed by atoms with Gasteiger partial charge >= 0.3 is 5.97 Å². The lowest BCUT2D eigenvalue weighted by Crippen LogP contribution is -2.10. The predicted molar refractivity (Wildman–Crippen MR) is 65.6 cm³/mol. The maximum absolute atomic E-state index is 11.7. The van der Waals surface area contributed by atoms with Crippen LogP contribution in [0.4, 0.5) is 5.69 Å². The fraction of sp³-hybridized carbons (Fsp3) is 0. The number of benzene rings is 2. The number of hydrogen-bond acceptors (Lipinski definition) is 5. The summed E-state index contributed by atoms with van der Waals surface area (Å²) in [5, 5.41) is 10.8. The molecule has 0 radical (unpaired) electrons. The van der Waals surface area contributed by atoms with Crippen LogP contribution in [0.25, 0.3) is 0 Å². The fourth-order valence-electron chi connectivity index (χ4n) is 1.41. The van der Waals surface area contributed by atoms with E-state index in [-0.39, 0.29) is 11.3 Å². The summed E-state index contributed by atoms with van der Waals surface area (Å²) in [6.45, 7) is 0. The van der Waals surface area contributed by atoms with Crippen LogP contribution in [0, 0.1) is 10.1 Å². The molecule has 0 atom stereocenters. The minimum absolute atomic E-state index is 0.163. The number of para-hydroxylation sites is 2. The second-order valence-corrected chi connectivity index (χ2v) is 3.54. The Kier molecular flexibility index (Phi) is 3.72. The monoisotopic (exact) mass is 259 g/mol. The molecule has 0 bridgehead atoms. The first-order valence-electron chi connectivity index (χ1n) is 5.36. The first kappa shape index (κ1) is 12.6. The topological polar surface area (TPSA) is 78.7 Å². The van der Waals surface area contributed by atoms with Crippen molar-refractivity contribution in [3.63, 3.8) is 0 Å². The van der Waals surface area contributed by atoms with Crippen LogP contribution in [0.5, 0.6) is 5.75 Å². The van der Waals surface area contributed by atoms with Crippen molar-refractivity contribution >= 4 is 11.7 Å². The van der Waals surface area contributed by atoms with Crippen LogP contribution >= 0.6 is 0 Å². The molecule has 0 saturated carbocycles. The van der Waals surface area contributed by atoms with Crippen LogP contribution < -0.4 is 4.89 Å². The van der Waals surface area contributed by atoms with Gasteiger partial charge in [0.25, 0.3) is 5.69 Å². The Morgan fingerprint density at radius 2 is 1.63 bits per heavy atom. The molecule has 0 heterocycles. The first-order chi connectivity index (χ1) is 9.18. The summed E-state index contributed by atoms with van der Waals surface area (Å²) in [6.07, 6.45) is 0. The van der Waals surface area contributed by atoms with E-state index in [0.29, 0.717) is 5.75 Å². The molecular formula is C13H9NO5. The predicted octanol–water partition coefficient (Wildman–Crippen LogP) is 2.75. The lowest BCUT2D eigenvalue weighted by atomic mass is 10.2. The van der Waals surface area contributed by atoms with Gasteiger partial charge < -0.3 is 0 Å². The van der Waals surface area contributed by atoms with E-state index in [4.69, 9.17) is 4.89 Å². The second kappa shape index (κ2) is 5.63. The number of nitro groups is 1. The van der Waals surface area contributed by atoms with Crippen LogP contribution in [-0.2, 0) is 4.89 Å². The molecule has 0 unspecified atom stereocenters. The van der Waals surface area contributed by atoms with E-state index in [1.54, 1.807) is 30.3 Å². The van der Waals surface area contributed by atoms with Crippen LogP contribution in [0.15, 0.2) is 54.6 Å². The minimum atomic E-state index is -0.920. The number of rotatable bonds is 4. The highest BCUT2D eigenvalue weighted by atomic mass is 17.2. The number of carbonyl (C=O) groups excluding carboxylic acids is 1. The Bertz CT molecular complexity index is 597. The van der Waals surface area contributed by atoms with Gasteiger partial charge in [-0.25, -0.2) is 9.68 Å². The van der Waals surface area contributed by atoms with Gasteiger partial charge in [-0.05, 0) is 18.2 Å². The summed E-state index contributed by atoms with van der Waals surface area (Å²) >= 11 is 0. The molecule has 0 aliphatic rings. The average molecular weight is 259 g/mol. The molecule has 2 aromatic carbocycles. The molecule has 0 spiro atoms. The maximum Gasteiger partial charge on any atom is 0.393 e. The standard InChI is InChI=1S/C13H9NO5/c15-13(19-18-10-6-2-1-3-7-10)11-8-4-5-9-12(11)14(16)17/h1-9H. The van der Waals surface area contributed by atoms with Crippen molar-refractivity contribution in [1.82, 2.24) is 0 Å². The molecule has 0 aromatic heterocycles. The maximum atomic E-state index is 11.7. The molecule has 19 heavy (non-hydrogen) atoms.